The Balaban J connectivity index is 1.54. The maximum absolute atomic E-state index is 12.9. The van der Waals surface area contributed by atoms with Gasteiger partial charge < -0.3 is 5.32 Å². The molecule has 0 spiro atoms. The van der Waals surface area contributed by atoms with Gasteiger partial charge in [0.2, 0.25) is 5.91 Å². The lowest BCUT2D eigenvalue weighted by Crippen LogP contribution is -2.18. The molecule has 0 radical (unpaired) electrons. The molecule has 1 atom stereocenters. The number of likely N-dealkylation sites (tertiary alicyclic amines) is 1. The van der Waals surface area contributed by atoms with Crippen molar-refractivity contribution in [3.05, 3.63) is 48.0 Å². The topological polar surface area (TPSA) is 78.5 Å². The van der Waals surface area contributed by atoms with E-state index in [1.165, 1.54) is 18.9 Å². The molecule has 2 aliphatic rings. The van der Waals surface area contributed by atoms with Gasteiger partial charge in [0, 0.05) is 28.8 Å². The molecule has 1 unspecified atom stereocenters. The fraction of sp³-hybridized carbons (Fsp3) is 0.381. The van der Waals surface area contributed by atoms with Crippen LogP contribution in [0, 0.1) is 0 Å². The number of rotatable bonds is 5. The Morgan fingerprint density at radius 2 is 1.97 bits per heavy atom. The number of thioether (sulfide) groups is 1. The van der Waals surface area contributed by atoms with Crippen molar-refractivity contribution < 1.29 is 13.2 Å². The second-order valence-electron chi connectivity index (χ2n) is 7.63. The molecule has 0 bridgehead atoms. The molecule has 2 aromatic rings. The number of carbonyl (C=O) groups is 1. The van der Waals surface area contributed by atoms with Gasteiger partial charge in [-0.3, -0.25) is 14.4 Å². The van der Waals surface area contributed by atoms with Gasteiger partial charge in [-0.05, 0) is 61.8 Å². The van der Waals surface area contributed by atoms with Gasteiger partial charge in [0.1, 0.15) is 0 Å². The van der Waals surface area contributed by atoms with E-state index >= 15 is 0 Å². The van der Waals surface area contributed by atoms with Crippen LogP contribution in [-0.4, -0.2) is 37.6 Å². The van der Waals surface area contributed by atoms with Gasteiger partial charge in [0.05, 0.1) is 10.6 Å². The molecule has 2 aromatic carbocycles. The summed E-state index contributed by atoms with van der Waals surface area (Å²) < 4.78 is 28.5. The third-order valence-electron chi connectivity index (χ3n) is 5.12. The molecule has 4 rings (SSSR count). The van der Waals surface area contributed by atoms with Crippen LogP contribution >= 0.6 is 11.8 Å². The Morgan fingerprint density at radius 1 is 1.17 bits per heavy atom. The minimum Gasteiger partial charge on any atom is -0.325 e. The van der Waals surface area contributed by atoms with E-state index in [0.717, 1.165) is 30.1 Å². The SMILES string of the molecule is CC1CC(=O)Nc2cc(S(=O)(=O)Nc3cccc(CN4CCCC4)c3)ccc2S1. The van der Waals surface area contributed by atoms with Crippen LogP contribution in [0.5, 0.6) is 0 Å². The van der Waals surface area contributed by atoms with Gasteiger partial charge >= 0.3 is 0 Å². The van der Waals surface area contributed by atoms with Crippen LogP contribution in [-0.2, 0) is 21.4 Å². The molecule has 2 heterocycles. The van der Waals surface area contributed by atoms with E-state index in [1.54, 1.807) is 30.0 Å². The number of hydrogen-bond donors (Lipinski definition) is 2. The minimum atomic E-state index is -3.76. The Kier molecular flexibility index (Phi) is 5.85. The highest BCUT2D eigenvalue weighted by atomic mass is 32.2. The summed E-state index contributed by atoms with van der Waals surface area (Å²) in [7, 11) is -3.76. The van der Waals surface area contributed by atoms with E-state index < -0.39 is 10.0 Å². The molecule has 2 aliphatic heterocycles. The van der Waals surface area contributed by atoms with Crippen LogP contribution in [0.3, 0.4) is 0 Å². The minimum absolute atomic E-state index is 0.0964. The van der Waals surface area contributed by atoms with E-state index in [9.17, 15) is 13.2 Å². The van der Waals surface area contributed by atoms with Crippen molar-refractivity contribution in [1.82, 2.24) is 4.90 Å². The number of fused-ring (bicyclic) bond motifs is 1. The van der Waals surface area contributed by atoms with E-state index in [2.05, 4.69) is 14.9 Å². The highest BCUT2D eigenvalue weighted by molar-refractivity contribution is 8.00. The van der Waals surface area contributed by atoms with Gasteiger partial charge in [-0.1, -0.05) is 19.1 Å². The molecule has 0 saturated carbocycles. The number of nitrogens with zero attached hydrogens (tertiary/aromatic N) is 1. The number of benzene rings is 2. The van der Waals surface area contributed by atoms with Crippen LogP contribution < -0.4 is 10.0 Å². The Morgan fingerprint density at radius 3 is 2.76 bits per heavy atom. The molecular formula is C21H25N3O3S2. The van der Waals surface area contributed by atoms with Crippen molar-refractivity contribution in [3.63, 3.8) is 0 Å². The lowest BCUT2D eigenvalue weighted by Gasteiger charge is -2.16. The highest BCUT2D eigenvalue weighted by Crippen LogP contribution is 2.36. The average molecular weight is 432 g/mol. The number of anilines is 2. The zero-order valence-electron chi connectivity index (χ0n) is 16.3. The number of carbonyl (C=O) groups excluding carboxylic acids is 1. The van der Waals surface area contributed by atoms with Gasteiger partial charge in [-0.25, -0.2) is 8.42 Å². The third-order valence-corrected chi connectivity index (χ3v) is 7.68. The summed E-state index contributed by atoms with van der Waals surface area (Å²) >= 11 is 1.57. The Bertz CT molecular complexity index is 1020. The van der Waals surface area contributed by atoms with Crippen molar-refractivity contribution >= 4 is 39.1 Å². The lowest BCUT2D eigenvalue weighted by atomic mass is 10.2. The van der Waals surface area contributed by atoms with Crippen LogP contribution in [0.2, 0.25) is 0 Å². The van der Waals surface area contributed by atoms with Crippen molar-refractivity contribution in [2.24, 2.45) is 0 Å². The quantitative estimate of drug-likeness (QED) is 0.751. The van der Waals surface area contributed by atoms with Crippen molar-refractivity contribution in [1.29, 1.82) is 0 Å². The summed E-state index contributed by atoms with van der Waals surface area (Å²) in [6.45, 7) is 5.00. The predicted octanol–water partition coefficient (Wildman–Crippen LogP) is 3.91. The van der Waals surface area contributed by atoms with Crippen molar-refractivity contribution in [2.75, 3.05) is 23.1 Å². The first-order valence-corrected chi connectivity index (χ1v) is 12.2. The van der Waals surface area contributed by atoms with E-state index in [4.69, 9.17) is 0 Å². The summed E-state index contributed by atoms with van der Waals surface area (Å²) in [5, 5.41) is 2.97. The summed E-state index contributed by atoms with van der Waals surface area (Å²) in [6.07, 6.45) is 2.85. The first-order chi connectivity index (χ1) is 13.9. The van der Waals surface area contributed by atoms with Crippen LogP contribution in [0.1, 0.15) is 31.7 Å². The summed E-state index contributed by atoms with van der Waals surface area (Å²) in [5.74, 6) is -0.0964. The summed E-state index contributed by atoms with van der Waals surface area (Å²) in [6, 6.07) is 12.4. The molecule has 0 aliphatic carbocycles. The zero-order chi connectivity index (χ0) is 20.4. The van der Waals surface area contributed by atoms with Gasteiger partial charge in [0.15, 0.2) is 0 Å². The third kappa shape index (κ3) is 4.94. The Hall–Kier alpha value is -2.03. The van der Waals surface area contributed by atoms with Gasteiger partial charge in [-0.15, -0.1) is 11.8 Å². The fourth-order valence-electron chi connectivity index (χ4n) is 3.74. The largest absolute Gasteiger partial charge is 0.325 e. The molecule has 0 aromatic heterocycles. The van der Waals surface area contributed by atoms with E-state index in [1.807, 2.05) is 25.1 Å². The second-order valence-corrected chi connectivity index (χ2v) is 10.8. The summed E-state index contributed by atoms with van der Waals surface area (Å²) in [5.41, 5.74) is 2.19. The molecule has 29 heavy (non-hydrogen) atoms. The molecule has 6 nitrogen and oxygen atoms in total. The van der Waals surface area contributed by atoms with Crippen molar-refractivity contribution in [2.45, 2.75) is 47.8 Å². The lowest BCUT2D eigenvalue weighted by molar-refractivity contribution is -0.116. The standard InChI is InChI=1S/C21H25N3O3S2/c1-15-11-21(25)22-19-13-18(7-8-20(19)28-15)29(26,27)23-17-6-4-5-16(12-17)14-24-9-2-3-10-24/h4-8,12-13,15,23H,2-3,9-11,14H2,1H3,(H,22,25). The molecule has 154 valence electrons. The van der Waals surface area contributed by atoms with Crippen LogP contribution in [0.25, 0.3) is 0 Å². The molecule has 8 heteroatoms. The first kappa shape index (κ1) is 20.3. The first-order valence-electron chi connectivity index (χ1n) is 9.84. The van der Waals surface area contributed by atoms with Crippen LogP contribution in [0.15, 0.2) is 52.3 Å². The highest BCUT2D eigenvalue weighted by Gasteiger charge is 2.22. The maximum Gasteiger partial charge on any atom is 0.261 e. The van der Waals surface area contributed by atoms with E-state index in [-0.39, 0.29) is 16.1 Å². The fourth-order valence-corrected chi connectivity index (χ4v) is 5.87. The van der Waals surface area contributed by atoms with E-state index in [0.29, 0.717) is 17.8 Å². The Labute approximate surface area is 176 Å². The molecule has 2 N–H and O–H groups in total. The molecule has 1 saturated heterocycles. The number of sulfonamides is 1. The van der Waals surface area contributed by atoms with Gasteiger partial charge in [0.25, 0.3) is 10.0 Å². The molecule has 1 fully saturated rings. The van der Waals surface area contributed by atoms with Gasteiger partial charge in [-0.2, -0.15) is 0 Å². The number of nitrogens with one attached hydrogen (secondary N) is 2. The number of hydrogen-bond acceptors (Lipinski definition) is 5. The predicted molar refractivity (Wildman–Crippen MR) is 117 cm³/mol. The average Bonchev–Trinajstić information content (AvgIpc) is 3.10. The zero-order valence-corrected chi connectivity index (χ0v) is 18.0. The van der Waals surface area contributed by atoms with Crippen LogP contribution in [0.4, 0.5) is 11.4 Å². The number of amides is 1. The molecular weight excluding hydrogens is 406 g/mol. The maximum atomic E-state index is 12.9. The summed E-state index contributed by atoms with van der Waals surface area (Å²) in [4.78, 5) is 15.4. The van der Waals surface area contributed by atoms with Crippen molar-refractivity contribution in [3.8, 4) is 0 Å². The molecule has 1 amide bonds. The monoisotopic (exact) mass is 431 g/mol. The smallest absolute Gasteiger partial charge is 0.261 e. The second kappa shape index (κ2) is 8.38. The normalized spacial score (nSPS) is 20.0.